The summed E-state index contributed by atoms with van der Waals surface area (Å²) in [4.78, 5) is 15.1. The molecule has 118 valence electrons. The number of hydrogen-bond donors (Lipinski definition) is 0. The van der Waals surface area contributed by atoms with Gasteiger partial charge in [-0.05, 0) is 33.1 Å². The highest BCUT2D eigenvalue weighted by Crippen LogP contribution is 2.32. The van der Waals surface area contributed by atoms with Gasteiger partial charge in [-0.2, -0.15) is 10.2 Å². The highest BCUT2D eigenvalue weighted by molar-refractivity contribution is 5.96. The molecule has 3 heterocycles. The van der Waals surface area contributed by atoms with Gasteiger partial charge in [0.1, 0.15) is 0 Å². The fraction of sp³-hybridized carbons (Fsp3) is 0.562. The molecule has 1 atom stereocenters. The minimum atomic E-state index is 0.0941. The van der Waals surface area contributed by atoms with E-state index in [0.717, 1.165) is 48.3 Å². The van der Waals surface area contributed by atoms with Gasteiger partial charge in [0.25, 0.3) is 5.91 Å². The average molecular weight is 301 g/mol. The van der Waals surface area contributed by atoms with Crippen LogP contribution in [-0.4, -0.2) is 36.9 Å². The SMILES string of the molecule is Cc1nn(C)c(C)c1C(=O)N1CCCCC1c1cnn(C)c1. The second-order valence-corrected chi connectivity index (χ2v) is 6.13. The van der Waals surface area contributed by atoms with Crippen molar-refractivity contribution in [2.75, 3.05) is 6.54 Å². The molecule has 1 unspecified atom stereocenters. The van der Waals surface area contributed by atoms with Crippen molar-refractivity contribution >= 4 is 5.91 Å². The normalized spacial score (nSPS) is 18.7. The van der Waals surface area contributed by atoms with Crippen LogP contribution in [0.1, 0.15) is 52.6 Å². The van der Waals surface area contributed by atoms with Gasteiger partial charge in [-0.15, -0.1) is 0 Å². The molecule has 0 aromatic carbocycles. The molecule has 0 aliphatic carbocycles. The lowest BCUT2D eigenvalue weighted by atomic mass is 9.96. The molecule has 0 N–H and O–H groups in total. The predicted molar refractivity (Wildman–Crippen MR) is 83.5 cm³/mol. The molecule has 0 bridgehead atoms. The molecule has 22 heavy (non-hydrogen) atoms. The van der Waals surface area contributed by atoms with Gasteiger partial charge in [-0.1, -0.05) is 0 Å². The summed E-state index contributed by atoms with van der Waals surface area (Å²) in [5.41, 5.74) is 3.60. The zero-order valence-corrected chi connectivity index (χ0v) is 13.7. The zero-order chi connectivity index (χ0) is 15.9. The number of likely N-dealkylation sites (tertiary alicyclic amines) is 1. The van der Waals surface area contributed by atoms with Crippen LogP contribution in [0.2, 0.25) is 0 Å². The maximum atomic E-state index is 13.1. The van der Waals surface area contributed by atoms with Crippen LogP contribution in [-0.2, 0) is 14.1 Å². The second kappa shape index (κ2) is 5.59. The Morgan fingerprint density at radius 1 is 1.27 bits per heavy atom. The Bertz CT molecular complexity index is 699. The average Bonchev–Trinajstić information content (AvgIpc) is 3.03. The van der Waals surface area contributed by atoms with Gasteiger partial charge < -0.3 is 4.90 Å². The number of carbonyl (C=O) groups excluding carboxylic acids is 1. The quantitative estimate of drug-likeness (QED) is 0.854. The predicted octanol–water partition coefficient (Wildman–Crippen LogP) is 2.14. The Labute approximate surface area is 130 Å². The summed E-state index contributed by atoms with van der Waals surface area (Å²) in [6.45, 7) is 4.66. The van der Waals surface area contributed by atoms with Gasteiger partial charge in [-0.3, -0.25) is 14.2 Å². The van der Waals surface area contributed by atoms with E-state index < -0.39 is 0 Å². The fourth-order valence-electron chi connectivity index (χ4n) is 3.36. The number of aryl methyl sites for hydroxylation is 3. The Morgan fingerprint density at radius 2 is 2.05 bits per heavy atom. The molecule has 1 amide bonds. The first kappa shape index (κ1) is 14.8. The first-order chi connectivity index (χ1) is 10.5. The molecule has 0 saturated carbocycles. The molecule has 1 aliphatic rings. The van der Waals surface area contributed by atoms with Crippen LogP contribution in [0.25, 0.3) is 0 Å². The lowest BCUT2D eigenvalue weighted by Gasteiger charge is -2.35. The Kier molecular flexibility index (Phi) is 3.76. The van der Waals surface area contributed by atoms with Crippen LogP contribution in [0.15, 0.2) is 12.4 Å². The standard InChI is InChI=1S/C16H23N5O/c1-11-15(12(2)20(4)18-11)16(22)21-8-6-5-7-14(21)13-9-17-19(3)10-13/h9-10,14H,5-8H2,1-4H3. The second-order valence-electron chi connectivity index (χ2n) is 6.13. The summed E-state index contributed by atoms with van der Waals surface area (Å²) in [5.74, 6) is 0.0941. The van der Waals surface area contributed by atoms with Crippen molar-refractivity contribution in [1.29, 1.82) is 0 Å². The van der Waals surface area contributed by atoms with E-state index in [2.05, 4.69) is 10.2 Å². The topological polar surface area (TPSA) is 56.0 Å². The summed E-state index contributed by atoms with van der Waals surface area (Å²) < 4.78 is 3.58. The Hall–Kier alpha value is -2.11. The minimum absolute atomic E-state index is 0.0941. The van der Waals surface area contributed by atoms with Gasteiger partial charge in [0.15, 0.2) is 0 Å². The van der Waals surface area contributed by atoms with Crippen molar-refractivity contribution in [3.8, 4) is 0 Å². The van der Waals surface area contributed by atoms with Gasteiger partial charge in [0.2, 0.25) is 0 Å². The van der Waals surface area contributed by atoms with E-state index in [1.807, 2.05) is 45.2 Å². The van der Waals surface area contributed by atoms with Crippen LogP contribution in [0, 0.1) is 13.8 Å². The molecule has 6 heteroatoms. The maximum absolute atomic E-state index is 13.1. The van der Waals surface area contributed by atoms with Crippen molar-refractivity contribution in [1.82, 2.24) is 24.5 Å². The van der Waals surface area contributed by atoms with E-state index in [4.69, 9.17) is 0 Å². The Balaban J connectivity index is 1.95. The van der Waals surface area contributed by atoms with Gasteiger partial charge in [-0.25, -0.2) is 0 Å². The summed E-state index contributed by atoms with van der Waals surface area (Å²) in [5, 5.41) is 8.64. The van der Waals surface area contributed by atoms with E-state index in [-0.39, 0.29) is 11.9 Å². The lowest BCUT2D eigenvalue weighted by molar-refractivity contribution is 0.0610. The summed E-state index contributed by atoms with van der Waals surface area (Å²) >= 11 is 0. The maximum Gasteiger partial charge on any atom is 0.258 e. The van der Waals surface area contributed by atoms with Crippen LogP contribution in [0.4, 0.5) is 0 Å². The molecule has 2 aromatic heterocycles. The number of aromatic nitrogens is 4. The third-order valence-electron chi connectivity index (χ3n) is 4.60. The molecule has 1 aliphatic heterocycles. The number of hydrogen-bond acceptors (Lipinski definition) is 3. The summed E-state index contributed by atoms with van der Waals surface area (Å²) in [6.07, 6.45) is 7.09. The third kappa shape index (κ3) is 2.42. The monoisotopic (exact) mass is 301 g/mol. The van der Waals surface area contributed by atoms with Crippen molar-refractivity contribution < 1.29 is 4.79 Å². The summed E-state index contributed by atoms with van der Waals surface area (Å²) in [6, 6.07) is 0.119. The van der Waals surface area contributed by atoms with Crippen LogP contribution in [0.3, 0.4) is 0 Å². The van der Waals surface area contributed by atoms with E-state index in [0.29, 0.717) is 0 Å². The smallest absolute Gasteiger partial charge is 0.258 e. The number of piperidine rings is 1. The Morgan fingerprint density at radius 3 is 2.64 bits per heavy atom. The number of rotatable bonds is 2. The largest absolute Gasteiger partial charge is 0.331 e. The number of carbonyl (C=O) groups is 1. The van der Waals surface area contributed by atoms with E-state index in [9.17, 15) is 4.79 Å². The zero-order valence-electron chi connectivity index (χ0n) is 13.7. The first-order valence-corrected chi connectivity index (χ1v) is 7.78. The molecule has 0 spiro atoms. The van der Waals surface area contributed by atoms with Crippen molar-refractivity contribution in [3.63, 3.8) is 0 Å². The molecule has 6 nitrogen and oxygen atoms in total. The van der Waals surface area contributed by atoms with Crippen LogP contribution in [0.5, 0.6) is 0 Å². The lowest BCUT2D eigenvalue weighted by Crippen LogP contribution is -2.38. The third-order valence-corrected chi connectivity index (χ3v) is 4.60. The first-order valence-electron chi connectivity index (χ1n) is 7.78. The van der Waals surface area contributed by atoms with E-state index in [1.165, 1.54) is 0 Å². The summed E-state index contributed by atoms with van der Waals surface area (Å²) in [7, 11) is 3.79. The highest BCUT2D eigenvalue weighted by Gasteiger charge is 2.32. The number of nitrogens with zero attached hydrogens (tertiary/aromatic N) is 5. The van der Waals surface area contributed by atoms with Gasteiger partial charge in [0.05, 0.1) is 23.5 Å². The minimum Gasteiger partial charge on any atom is -0.331 e. The fourth-order valence-corrected chi connectivity index (χ4v) is 3.36. The van der Waals surface area contributed by atoms with Crippen LogP contribution < -0.4 is 0 Å². The molecule has 2 aromatic rings. The highest BCUT2D eigenvalue weighted by atomic mass is 16.2. The van der Waals surface area contributed by atoms with Gasteiger partial charge in [0, 0.05) is 38.1 Å². The van der Waals surface area contributed by atoms with Crippen molar-refractivity contribution in [3.05, 3.63) is 34.9 Å². The van der Waals surface area contributed by atoms with Crippen LogP contribution >= 0.6 is 0 Å². The molecule has 3 rings (SSSR count). The van der Waals surface area contributed by atoms with E-state index in [1.54, 1.807) is 9.36 Å². The number of amides is 1. The molecule has 0 radical (unpaired) electrons. The molecule has 1 saturated heterocycles. The molecule has 1 fully saturated rings. The van der Waals surface area contributed by atoms with Gasteiger partial charge >= 0.3 is 0 Å². The van der Waals surface area contributed by atoms with E-state index >= 15 is 0 Å². The van der Waals surface area contributed by atoms with Crippen molar-refractivity contribution in [2.24, 2.45) is 14.1 Å². The molecular formula is C16H23N5O. The van der Waals surface area contributed by atoms with Crippen molar-refractivity contribution in [2.45, 2.75) is 39.2 Å². The molecular weight excluding hydrogens is 278 g/mol.